The molecule has 0 radical (unpaired) electrons. The number of carbonyl (C=O) groups is 1. The molecular weight excluding hydrogens is 683 g/mol. The van der Waals surface area contributed by atoms with Gasteiger partial charge >= 0.3 is 5.97 Å². The van der Waals surface area contributed by atoms with Crippen LogP contribution in [0.15, 0.2) is 91.0 Å². The zero-order chi connectivity index (χ0) is 37.3. The quantitative estimate of drug-likeness (QED) is 0.0591. The Kier molecular flexibility index (Phi) is 13.5. The lowest BCUT2D eigenvalue weighted by Gasteiger charge is -2.43. The summed E-state index contributed by atoms with van der Waals surface area (Å²) in [6.07, 6.45) is 2.42. The zero-order valence-electron chi connectivity index (χ0n) is 31.8. The standard InChI is InChI=1S/C43H53N3O4SSi/c1-8-10-29-51(48)46-32-35-31-38(42(47)49-9-2)44-41(34-21-17-19-33(30-34)20-18-27-45(6)7)40(35)39(46)26-28-50-52(43(3,4)5,36-22-13-11-14-23-36)37-24-15-12-16-25-37/h11-17,19,21-25,30-31,39H,8-10,26-29,32H2,1-7H3/t39-,51+/m1/s1. The van der Waals surface area contributed by atoms with Gasteiger partial charge in [0.25, 0.3) is 8.32 Å². The van der Waals surface area contributed by atoms with Crippen LogP contribution >= 0.6 is 0 Å². The summed E-state index contributed by atoms with van der Waals surface area (Å²) in [5.74, 6) is 6.62. The molecule has 1 aromatic heterocycles. The van der Waals surface area contributed by atoms with Crippen LogP contribution < -0.4 is 10.4 Å². The van der Waals surface area contributed by atoms with Crippen LogP contribution in [0.5, 0.6) is 0 Å². The van der Waals surface area contributed by atoms with E-state index in [9.17, 15) is 9.35 Å². The van der Waals surface area contributed by atoms with Gasteiger partial charge in [-0.25, -0.2) is 9.78 Å². The van der Waals surface area contributed by atoms with Crippen LogP contribution in [0.25, 0.3) is 11.3 Å². The molecule has 3 aromatic carbocycles. The molecule has 2 atom stereocenters. The van der Waals surface area contributed by atoms with Crippen LogP contribution in [0.1, 0.15) is 87.1 Å². The molecule has 4 aromatic rings. The number of fused-ring (bicyclic) bond motifs is 1. The number of nitrogens with zero attached hydrogens (tertiary/aromatic N) is 3. The summed E-state index contributed by atoms with van der Waals surface area (Å²) in [5.41, 5.74) is 4.60. The van der Waals surface area contributed by atoms with E-state index < -0.39 is 25.6 Å². The van der Waals surface area contributed by atoms with Gasteiger partial charge in [0.2, 0.25) is 0 Å². The first-order chi connectivity index (χ1) is 25.0. The Morgan fingerprint density at radius 2 is 1.67 bits per heavy atom. The maximum atomic E-state index is 14.1. The second-order valence-corrected chi connectivity index (χ2v) is 20.4. The molecule has 0 unspecified atom stereocenters. The molecular formula is C43H53N3O4SSi. The molecule has 0 saturated heterocycles. The van der Waals surface area contributed by atoms with Gasteiger partial charge < -0.3 is 13.7 Å². The van der Waals surface area contributed by atoms with Crippen LogP contribution in [0, 0.1) is 11.8 Å². The van der Waals surface area contributed by atoms with E-state index in [0.29, 0.717) is 37.6 Å². The lowest BCUT2D eigenvalue weighted by atomic mass is 9.95. The molecule has 5 rings (SSSR count). The van der Waals surface area contributed by atoms with Gasteiger partial charge in [-0.1, -0.05) is 119 Å². The van der Waals surface area contributed by atoms with Crippen molar-refractivity contribution in [2.45, 2.75) is 71.5 Å². The molecule has 1 aliphatic heterocycles. The highest BCUT2D eigenvalue weighted by Gasteiger charge is 2.50. The molecule has 0 N–H and O–H groups in total. The SMILES string of the molecule is CCCC[S@+]([O-])N1Cc2cc(C(=O)OCC)nc(-c3cccc(C#CCN(C)C)c3)c2[C@H]1CCO[Si](c1ccccc1)(c1ccccc1)C(C)(C)C. The van der Waals surface area contributed by atoms with Crippen molar-refractivity contribution in [2.75, 3.05) is 39.6 Å². The van der Waals surface area contributed by atoms with E-state index >= 15 is 0 Å². The van der Waals surface area contributed by atoms with E-state index in [2.05, 4.69) is 105 Å². The van der Waals surface area contributed by atoms with Crippen LogP contribution in [0.2, 0.25) is 5.04 Å². The Bertz CT molecular complexity index is 1810. The maximum Gasteiger partial charge on any atom is 0.356 e. The second kappa shape index (κ2) is 17.8. The Balaban J connectivity index is 1.61. The maximum absolute atomic E-state index is 14.1. The lowest BCUT2D eigenvalue weighted by molar-refractivity contribution is 0.0519. The average Bonchev–Trinajstić information content (AvgIpc) is 3.50. The number of esters is 1. The predicted octanol–water partition coefficient (Wildman–Crippen LogP) is 7.13. The van der Waals surface area contributed by atoms with Crippen molar-refractivity contribution in [1.82, 2.24) is 14.2 Å². The van der Waals surface area contributed by atoms with Crippen molar-refractivity contribution >= 4 is 36.0 Å². The molecule has 0 spiro atoms. The minimum absolute atomic E-state index is 0.178. The van der Waals surface area contributed by atoms with E-state index in [0.717, 1.165) is 35.1 Å². The summed E-state index contributed by atoms with van der Waals surface area (Å²) < 4.78 is 29.0. The van der Waals surface area contributed by atoms with Gasteiger partial charge in [0.05, 0.1) is 31.4 Å². The minimum Gasteiger partial charge on any atom is -0.598 e. The average molecular weight is 736 g/mol. The van der Waals surface area contributed by atoms with Crippen molar-refractivity contribution in [3.63, 3.8) is 0 Å². The number of rotatable bonds is 14. The van der Waals surface area contributed by atoms with Gasteiger partial charge in [-0.15, -0.1) is 4.31 Å². The van der Waals surface area contributed by atoms with Crippen LogP contribution in [0.3, 0.4) is 0 Å². The smallest absolute Gasteiger partial charge is 0.356 e. The number of benzene rings is 3. The predicted molar refractivity (Wildman–Crippen MR) is 215 cm³/mol. The van der Waals surface area contributed by atoms with Crippen molar-refractivity contribution in [3.8, 4) is 23.1 Å². The van der Waals surface area contributed by atoms with E-state index in [1.807, 2.05) is 49.3 Å². The third-order valence-corrected chi connectivity index (χ3v) is 16.0. The van der Waals surface area contributed by atoms with Gasteiger partial charge in [0.15, 0.2) is 0 Å². The summed E-state index contributed by atoms with van der Waals surface area (Å²) in [5, 5.41) is 2.26. The van der Waals surface area contributed by atoms with Crippen molar-refractivity contribution < 1.29 is 18.5 Å². The number of ether oxygens (including phenoxy) is 1. The van der Waals surface area contributed by atoms with E-state index in [1.54, 1.807) is 6.92 Å². The van der Waals surface area contributed by atoms with Crippen LogP contribution in [-0.4, -0.2) is 72.6 Å². The van der Waals surface area contributed by atoms with Gasteiger partial charge in [0, 0.05) is 34.7 Å². The van der Waals surface area contributed by atoms with E-state index in [1.165, 1.54) is 10.4 Å². The molecule has 0 fully saturated rings. The van der Waals surface area contributed by atoms with Gasteiger partial charge in [-0.3, -0.25) is 4.90 Å². The first-order valence-corrected chi connectivity index (χ1v) is 21.5. The Morgan fingerprint density at radius 3 is 2.27 bits per heavy atom. The van der Waals surface area contributed by atoms with Crippen LogP contribution in [0.4, 0.5) is 0 Å². The molecule has 1 aliphatic rings. The Labute approximate surface area is 315 Å². The fourth-order valence-corrected chi connectivity index (χ4v) is 13.2. The fourth-order valence-electron chi connectivity index (χ4n) is 7.08. The van der Waals surface area contributed by atoms with Gasteiger partial charge in [-0.2, -0.15) is 0 Å². The first-order valence-electron chi connectivity index (χ1n) is 18.3. The normalized spacial score (nSPS) is 15.2. The number of unbranched alkanes of at least 4 members (excludes halogenated alkanes) is 1. The zero-order valence-corrected chi connectivity index (χ0v) is 33.6. The number of hydrogen-bond acceptors (Lipinski definition) is 7. The Hall–Kier alpha value is -3.75. The molecule has 0 saturated carbocycles. The largest absolute Gasteiger partial charge is 0.598 e. The highest BCUT2D eigenvalue weighted by atomic mass is 32.2. The number of hydrogen-bond donors (Lipinski definition) is 0. The number of aromatic nitrogens is 1. The molecule has 274 valence electrons. The summed E-state index contributed by atoms with van der Waals surface area (Å²) in [4.78, 5) is 20.2. The lowest BCUT2D eigenvalue weighted by Crippen LogP contribution is -2.66. The van der Waals surface area contributed by atoms with Crippen molar-refractivity contribution in [2.24, 2.45) is 0 Å². The minimum atomic E-state index is -2.81. The summed E-state index contributed by atoms with van der Waals surface area (Å²) in [6.45, 7) is 12.5. The summed E-state index contributed by atoms with van der Waals surface area (Å²) in [6, 6.07) is 30.9. The highest BCUT2D eigenvalue weighted by Crippen LogP contribution is 2.44. The highest BCUT2D eigenvalue weighted by molar-refractivity contribution is 7.89. The van der Waals surface area contributed by atoms with Crippen molar-refractivity contribution in [1.29, 1.82) is 0 Å². The second-order valence-electron chi connectivity index (χ2n) is 14.5. The monoisotopic (exact) mass is 735 g/mol. The first kappa shape index (κ1) is 39.5. The molecule has 9 heteroatoms. The summed E-state index contributed by atoms with van der Waals surface area (Å²) >= 11 is -1.25. The van der Waals surface area contributed by atoms with Gasteiger partial charge in [0.1, 0.15) is 11.4 Å². The topological polar surface area (TPSA) is 78.0 Å². The third-order valence-electron chi connectivity index (χ3n) is 9.46. The molecule has 2 heterocycles. The van der Waals surface area contributed by atoms with Gasteiger partial charge in [-0.05, 0) is 73.0 Å². The number of pyridine rings is 1. The fraction of sp³-hybridized carbons (Fsp3) is 0.395. The number of carbonyl (C=O) groups excluding carboxylic acids is 1. The molecule has 52 heavy (non-hydrogen) atoms. The summed E-state index contributed by atoms with van der Waals surface area (Å²) in [7, 11) is 1.17. The molecule has 0 amide bonds. The van der Waals surface area contributed by atoms with Crippen LogP contribution in [-0.2, 0) is 27.1 Å². The van der Waals surface area contributed by atoms with E-state index in [4.69, 9.17) is 14.1 Å². The molecule has 0 bridgehead atoms. The Morgan fingerprint density at radius 1 is 1.00 bits per heavy atom. The molecule has 7 nitrogen and oxygen atoms in total. The third kappa shape index (κ3) is 8.88. The van der Waals surface area contributed by atoms with Crippen molar-refractivity contribution in [3.05, 3.63) is 113 Å². The molecule has 0 aliphatic carbocycles. The van der Waals surface area contributed by atoms with E-state index in [-0.39, 0.29) is 23.4 Å².